The highest BCUT2D eigenvalue weighted by atomic mass is 16.2. The summed E-state index contributed by atoms with van der Waals surface area (Å²) >= 11 is 0. The summed E-state index contributed by atoms with van der Waals surface area (Å²) in [6.45, 7) is 5.79. The molecule has 2 aromatic carbocycles. The van der Waals surface area contributed by atoms with Gasteiger partial charge in [-0.1, -0.05) is 72.3 Å². The number of amides is 1. The van der Waals surface area contributed by atoms with Crippen LogP contribution in [0.2, 0.25) is 0 Å². The van der Waals surface area contributed by atoms with Gasteiger partial charge < -0.3 is 4.90 Å². The standard InChI is InChI=1S/C26H28N4O2/c1-21-9-11-23(12-10-21)24-13-14-25(31)30(27-24)20-26(32)29-18-16-28(17-19-29)15-5-8-22-6-3-2-4-7-22/h2-14H,15-20H2,1H3/b8-5+. The van der Waals surface area contributed by atoms with Crippen LogP contribution in [0.1, 0.15) is 11.1 Å². The first kappa shape index (κ1) is 21.7. The van der Waals surface area contributed by atoms with E-state index in [4.69, 9.17) is 0 Å². The van der Waals surface area contributed by atoms with E-state index < -0.39 is 0 Å². The van der Waals surface area contributed by atoms with E-state index in [2.05, 4.69) is 34.3 Å². The Morgan fingerprint density at radius 1 is 0.938 bits per heavy atom. The lowest BCUT2D eigenvalue weighted by molar-refractivity contribution is -0.133. The lowest BCUT2D eigenvalue weighted by Gasteiger charge is -2.34. The fourth-order valence-electron chi connectivity index (χ4n) is 3.75. The topological polar surface area (TPSA) is 58.4 Å². The van der Waals surface area contributed by atoms with Gasteiger partial charge in [0.25, 0.3) is 5.56 Å². The molecule has 4 rings (SSSR count). The molecule has 0 unspecified atom stereocenters. The highest BCUT2D eigenvalue weighted by Gasteiger charge is 2.21. The Morgan fingerprint density at radius 2 is 1.66 bits per heavy atom. The monoisotopic (exact) mass is 428 g/mol. The number of rotatable bonds is 6. The van der Waals surface area contributed by atoms with Gasteiger partial charge >= 0.3 is 0 Å². The molecule has 0 radical (unpaired) electrons. The lowest BCUT2D eigenvalue weighted by atomic mass is 10.1. The quantitative estimate of drug-likeness (QED) is 0.606. The van der Waals surface area contributed by atoms with E-state index in [-0.39, 0.29) is 18.0 Å². The van der Waals surface area contributed by atoms with Gasteiger partial charge in [0.1, 0.15) is 6.54 Å². The van der Waals surface area contributed by atoms with Gasteiger partial charge in [-0.15, -0.1) is 0 Å². The number of aromatic nitrogens is 2. The van der Waals surface area contributed by atoms with Crippen LogP contribution in [-0.2, 0) is 11.3 Å². The molecule has 0 atom stereocenters. The summed E-state index contributed by atoms with van der Waals surface area (Å²) in [6, 6.07) is 21.4. The van der Waals surface area contributed by atoms with Gasteiger partial charge in [-0.25, -0.2) is 4.68 Å². The van der Waals surface area contributed by atoms with Crippen molar-refractivity contribution in [1.82, 2.24) is 19.6 Å². The van der Waals surface area contributed by atoms with Crippen LogP contribution in [0.15, 0.2) is 77.6 Å². The molecule has 0 N–H and O–H groups in total. The van der Waals surface area contributed by atoms with Crippen molar-refractivity contribution in [1.29, 1.82) is 0 Å². The maximum Gasteiger partial charge on any atom is 0.267 e. The van der Waals surface area contributed by atoms with E-state index in [1.165, 1.54) is 16.3 Å². The van der Waals surface area contributed by atoms with Gasteiger partial charge in [-0.2, -0.15) is 5.10 Å². The van der Waals surface area contributed by atoms with Crippen molar-refractivity contribution < 1.29 is 4.79 Å². The van der Waals surface area contributed by atoms with Crippen molar-refractivity contribution >= 4 is 12.0 Å². The second kappa shape index (κ2) is 10.2. The highest BCUT2D eigenvalue weighted by Crippen LogP contribution is 2.16. The zero-order valence-electron chi connectivity index (χ0n) is 18.4. The number of aryl methyl sites for hydroxylation is 1. The number of hydrogen-bond acceptors (Lipinski definition) is 4. The van der Waals surface area contributed by atoms with Gasteiger partial charge in [-0.05, 0) is 18.6 Å². The van der Waals surface area contributed by atoms with Crippen LogP contribution >= 0.6 is 0 Å². The lowest BCUT2D eigenvalue weighted by Crippen LogP contribution is -2.50. The number of nitrogens with zero attached hydrogens (tertiary/aromatic N) is 4. The first-order chi connectivity index (χ1) is 15.6. The first-order valence-electron chi connectivity index (χ1n) is 11.0. The summed E-state index contributed by atoms with van der Waals surface area (Å²) in [4.78, 5) is 29.2. The molecule has 3 aromatic rings. The third-order valence-corrected chi connectivity index (χ3v) is 5.70. The third-order valence-electron chi connectivity index (χ3n) is 5.70. The molecule has 0 aliphatic carbocycles. The minimum atomic E-state index is -0.265. The van der Waals surface area contributed by atoms with Crippen LogP contribution < -0.4 is 5.56 Å². The summed E-state index contributed by atoms with van der Waals surface area (Å²) in [7, 11) is 0. The van der Waals surface area contributed by atoms with Crippen LogP contribution in [0.4, 0.5) is 0 Å². The second-order valence-electron chi connectivity index (χ2n) is 8.07. The van der Waals surface area contributed by atoms with Gasteiger partial charge in [0, 0.05) is 44.4 Å². The molecule has 0 spiro atoms. The van der Waals surface area contributed by atoms with Crippen LogP contribution in [-0.4, -0.2) is 58.2 Å². The van der Waals surface area contributed by atoms with Crippen LogP contribution in [0, 0.1) is 6.92 Å². The molecule has 2 heterocycles. The molecule has 1 amide bonds. The molecule has 164 valence electrons. The van der Waals surface area contributed by atoms with Crippen molar-refractivity contribution in [3.63, 3.8) is 0 Å². The van der Waals surface area contributed by atoms with Gasteiger partial charge in [0.2, 0.25) is 5.91 Å². The maximum atomic E-state index is 12.8. The Balaban J connectivity index is 1.32. The number of hydrogen-bond donors (Lipinski definition) is 0. The normalized spacial score (nSPS) is 14.7. The van der Waals surface area contributed by atoms with Gasteiger partial charge in [0.05, 0.1) is 5.69 Å². The Kier molecular flexibility index (Phi) is 6.92. The minimum absolute atomic E-state index is 0.0353. The van der Waals surface area contributed by atoms with E-state index in [1.807, 2.05) is 54.3 Å². The molecule has 0 saturated carbocycles. The molecule has 6 nitrogen and oxygen atoms in total. The molecule has 1 aromatic heterocycles. The molecule has 1 fully saturated rings. The Morgan fingerprint density at radius 3 is 2.38 bits per heavy atom. The second-order valence-corrected chi connectivity index (χ2v) is 8.07. The van der Waals surface area contributed by atoms with Crippen LogP contribution in [0.5, 0.6) is 0 Å². The van der Waals surface area contributed by atoms with Crippen molar-refractivity contribution in [2.45, 2.75) is 13.5 Å². The average Bonchev–Trinajstić information content (AvgIpc) is 2.82. The summed E-state index contributed by atoms with van der Waals surface area (Å²) in [6.07, 6.45) is 4.28. The zero-order valence-corrected chi connectivity index (χ0v) is 18.4. The Hall–Kier alpha value is -3.51. The van der Waals surface area contributed by atoms with Crippen molar-refractivity contribution in [3.05, 3.63) is 94.3 Å². The van der Waals surface area contributed by atoms with Crippen LogP contribution in [0.25, 0.3) is 17.3 Å². The van der Waals surface area contributed by atoms with Crippen molar-refractivity contribution in [3.8, 4) is 11.3 Å². The SMILES string of the molecule is Cc1ccc(-c2ccc(=O)n(CC(=O)N3CCN(C/C=C/c4ccccc4)CC3)n2)cc1. The maximum absolute atomic E-state index is 12.8. The largest absolute Gasteiger partial charge is 0.339 e. The highest BCUT2D eigenvalue weighted by molar-refractivity contribution is 5.76. The molecule has 1 saturated heterocycles. The number of benzene rings is 2. The summed E-state index contributed by atoms with van der Waals surface area (Å²) in [5.41, 5.74) is 3.69. The van der Waals surface area contributed by atoms with Gasteiger partial charge in [0.15, 0.2) is 0 Å². The van der Waals surface area contributed by atoms with Crippen molar-refractivity contribution in [2.24, 2.45) is 0 Å². The van der Waals surface area contributed by atoms with E-state index >= 15 is 0 Å². The van der Waals surface area contributed by atoms with E-state index in [0.717, 1.165) is 30.8 Å². The van der Waals surface area contributed by atoms with E-state index in [0.29, 0.717) is 18.8 Å². The molecular formula is C26H28N4O2. The van der Waals surface area contributed by atoms with Gasteiger partial charge in [-0.3, -0.25) is 14.5 Å². The molecule has 1 aliphatic rings. The Bertz CT molecular complexity index is 1130. The molecule has 1 aliphatic heterocycles. The van der Waals surface area contributed by atoms with E-state index in [1.54, 1.807) is 6.07 Å². The fraction of sp³-hybridized carbons (Fsp3) is 0.269. The average molecular weight is 429 g/mol. The number of carbonyl (C=O) groups excluding carboxylic acids is 1. The molecule has 32 heavy (non-hydrogen) atoms. The molecule has 6 heteroatoms. The fourth-order valence-corrected chi connectivity index (χ4v) is 3.75. The number of piperazine rings is 1. The summed E-state index contributed by atoms with van der Waals surface area (Å²) < 4.78 is 1.27. The smallest absolute Gasteiger partial charge is 0.267 e. The minimum Gasteiger partial charge on any atom is -0.339 e. The third kappa shape index (κ3) is 5.59. The predicted octanol–water partition coefficient (Wildman–Crippen LogP) is 3.08. The number of carbonyl (C=O) groups is 1. The molecule has 0 bridgehead atoms. The summed E-state index contributed by atoms with van der Waals surface area (Å²) in [5, 5.41) is 4.43. The van der Waals surface area contributed by atoms with Crippen molar-refractivity contribution in [2.75, 3.05) is 32.7 Å². The zero-order chi connectivity index (χ0) is 22.3. The summed E-state index contributed by atoms with van der Waals surface area (Å²) in [5.74, 6) is -0.0693. The Labute approximate surface area is 188 Å². The first-order valence-corrected chi connectivity index (χ1v) is 11.0. The van der Waals surface area contributed by atoms with Crippen LogP contribution in [0.3, 0.4) is 0 Å². The molecular weight excluding hydrogens is 400 g/mol. The predicted molar refractivity (Wildman–Crippen MR) is 127 cm³/mol. The van der Waals surface area contributed by atoms with E-state index in [9.17, 15) is 9.59 Å².